The van der Waals surface area contributed by atoms with Crippen molar-refractivity contribution in [3.8, 4) is 5.75 Å². The van der Waals surface area contributed by atoms with E-state index in [4.69, 9.17) is 9.15 Å². The number of hydrogen-bond donors (Lipinski definition) is 0. The Balaban J connectivity index is 2.87. The Morgan fingerprint density at radius 2 is 2.00 bits per heavy atom. The summed E-state index contributed by atoms with van der Waals surface area (Å²) in [5.74, 6) is -1.16. The largest absolute Gasteiger partial charge is 0.496 e. The standard InChI is InChI=1S/C12H9NO7/c1-18-6-3-7-9(14)5-10(12(15)19-2)20-11(7)8(4-6)13(16)17/h3-5H,1-2H3. The van der Waals surface area contributed by atoms with Gasteiger partial charge in [0.25, 0.3) is 0 Å². The van der Waals surface area contributed by atoms with Gasteiger partial charge in [-0.25, -0.2) is 4.79 Å². The minimum absolute atomic E-state index is 0.0521. The molecule has 0 N–H and O–H groups in total. The number of fused-ring (bicyclic) bond motifs is 1. The molecule has 0 atom stereocenters. The lowest BCUT2D eigenvalue weighted by Crippen LogP contribution is -2.09. The van der Waals surface area contributed by atoms with Crippen LogP contribution in [0.25, 0.3) is 11.0 Å². The van der Waals surface area contributed by atoms with Crippen molar-refractivity contribution in [1.82, 2.24) is 0 Å². The number of non-ortho nitro benzene ring substituents is 1. The number of methoxy groups -OCH3 is 2. The summed E-state index contributed by atoms with van der Waals surface area (Å²) < 4.78 is 14.4. The zero-order chi connectivity index (χ0) is 14.9. The number of nitro benzene ring substituents is 1. The van der Waals surface area contributed by atoms with E-state index >= 15 is 0 Å². The molecule has 2 aromatic rings. The first-order chi connectivity index (χ1) is 9.47. The lowest BCUT2D eigenvalue weighted by molar-refractivity contribution is -0.383. The van der Waals surface area contributed by atoms with Gasteiger partial charge in [-0.3, -0.25) is 14.9 Å². The third-order valence-corrected chi connectivity index (χ3v) is 2.60. The molecule has 2 rings (SSSR count). The summed E-state index contributed by atoms with van der Waals surface area (Å²) in [6.45, 7) is 0. The van der Waals surface area contributed by atoms with Gasteiger partial charge in [-0.15, -0.1) is 0 Å². The van der Waals surface area contributed by atoms with Crippen LogP contribution in [-0.4, -0.2) is 25.1 Å². The van der Waals surface area contributed by atoms with E-state index in [0.29, 0.717) is 0 Å². The topological polar surface area (TPSA) is 109 Å². The fourth-order valence-electron chi connectivity index (χ4n) is 1.67. The number of carbonyl (C=O) groups excluding carboxylic acids is 1. The fourth-order valence-corrected chi connectivity index (χ4v) is 1.67. The molecule has 0 radical (unpaired) electrons. The van der Waals surface area contributed by atoms with E-state index in [0.717, 1.165) is 19.2 Å². The van der Waals surface area contributed by atoms with Gasteiger partial charge in [0.15, 0.2) is 5.43 Å². The quantitative estimate of drug-likeness (QED) is 0.475. The van der Waals surface area contributed by atoms with Crippen molar-refractivity contribution in [2.24, 2.45) is 0 Å². The van der Waals surface area contributed by atoms with Crippen molar-refractivity contribution in [2.75, 3.05) is 14.2 Å². The van der Waals surface area contributed by atoms with E-state index in [1.165, 1.54) is 13.2 Å². The highest BCUT2D eigenvalue weighted by atomic mass is 16.6. The van der Waals surface area contributed by atoms with Crippen molar-refractivity contribution < 1.29 is 23.6 Å². The van der Waals surface area contributed by atoms with Crippen molar-refractivity contribution in [3.63, 3.8) is 0 Å². The maximum Gasteiger partial charge on any atom is 0.374 e. The highest BCUT2D eigenvalue weighted by Gasteiger charge is 2.21. The van der Waals surface area contributed by atoms with Crippen LogP contribution in [0.15, 0.2) is 27.4 Å². The monoisotopic (exact) mass is 279 g/mol. The van der Waals surface area contributed by atoms with Crippen LogP contribution in [0.2, 0.25) is 0 Å². The van der Waals surface area contributed by atoms with Crippen molar-refractivity contribution >= 4 is 22.6 Å². The molecule has 0 spiro atoms. The molecular weight excluding hydrogens is 270 g/mol. The zero-order valence-corrected chi connectivity index (χ0v) is 10.5. The molecule has 8 heteroatoms. The molecule has 0 aliphatic rings. The molecule has 8 nitrogen and oxygen atoms in total. The molecule has 0 fully saturated rings. The average molecular weight is 279 g/mol. The van der Waals surface area contributed by atoms with Crippen LogP contribution in [0.4, 0.5) is 5.69 Å². The van der Waals surface area contributed by atoms with E-state index in [1.807, 2.05) is 0 Å². The minimum Gasteiger partial charge on any atom is -0.496 e. The van der Waals surface area contributed by atoms with Crippen LogP contribution in [-0.2, 0) is 4.74 Å². The molecule has 104 valence electrons. The molecule has 0 bridgehead atoms. The molecule has 1 heterocycles. The number of nitro groups is 1. The smallest absolute Gasteiger partial charge is 0.374 e. The number of benzene rings is 1. The maximum atomic E-state index is 11.9. The van der Waals surface area contributed by atoms with Crippen LogP contribution in [0.1, 0.15) is 10.6 Å². The normalized spacial score (nSPS) is 10.3. The van der Waals surface area contributed by atoms with Crippen LogP contribution < -0.4 is 10.2 Å². The van der Waals surface area contributed by atoms with Gasteiger partial charge in [0.2, 0.25) is 11.3 Å². The van der Waals surface area contributed by atoms with Crippen molar-refractivity contribution in [2.45, 2.75) is 0 Å². The second-order valence-corrected chi connectivity index (χ2v) is 3.75. The zero-order valence-electron chi connectivity index (χ0n) is 10.5. The molecule has 0 unspecified atom stereocenters. The first-order valence-electron chi connectivity index (χ1n) is 5.36. The second-order valence-electron chi connectivity index (χ2n) is 3.75. The van der Waals surface area contributed by atoms with Crippen molar-refractivity contribution in [3.05, 3.63) is 44.3 Å². The molecular formula is C12H9NO7. The van der Waals surface area contributed by atoms with Crippen LogP contribution in [0.5, 0.6) is 5.75 Å². The van der Waals surface area contributed by atoms with E-state index < -0.39 is 27.8 Å². The molecule has 1 aromatic carbocycles. The summed E-state index contributed by atoms with van der Waals surface area (Å²) in [5.41, 5.74) is -1.38. The summed E-state index contributed by atoms with van der Waals surface area (Å²) in [6, 6.07) is 3.32. The Morgan fingerprint density at radius 1 is 1.30 bits per heavy atom. The second kappa shape index (κ2) is 5.00. The third-order valence-electron chi connectivity index (χ3n) is 2.60. The van der Waals surface area contributed by atoms with Crippen molar-refractivity contribution in [1.29, 1.82) is 0 Å². The summed E-state index contributed by atoms with van der Waals surface area (Å²) in [4.78, 5) is 33.6. The van der Waals surface area contributed by atoms with Gasteiger partial charge in [-0.1, -0.05) is 0 Å². The lowest BCUT2D eigenvalue weighted by Gasteiger charge is -2.04. The first-order valence-corrected chi connectivity index (χ1v) is 5.36. The molecule has 0 saturated carbocycles. The number of carbonyl (C=O) groups is 1. The summed E-state index contributed by atoms with van der Waals surface area (Å²) in [6.07, 6.45) is 0. The highest BCUT2D eigenvalue weighted by Crippen LogP contribution is 2.29. The van der Waals surface area contributed by atoms with E-state index in [1.54, 1.807) is 0 Å². The maximum absolute atomic E-state index is 11.9. The van der Waals surface area contributed by atoms with Gasteiger partial charge in [-0.2, -0.15) is 0 Å². The number of nitrogens with zero attached hydrogens (tertiary/aromatic N) is 1. The predicted octanol–water partition coefficient (Wildman–Crippen LogP) is 1.50. The van der Waals surface area contributed by atoms with Gasteiger partial charge in [0, 0.05) is 6.07 Å². The number of hydrogen-bond acceptors (Lipinski definition) is 7. The first kappa shape index (κ1) is 13.5. The molecule has 1 aromatic heterocycles. The van der Waals surface area contributed by atoms with Crippen LogP contribution in [0.3, 0.4) is 0 Å². The predicted molar refractivity (Wildman–Crippen MR) is 67.0 cm³/mol. The molecule has 0 aliphatic carbocycles. The molecule has 20 heavy (non-hydrogen) atoms. The SMILES string of the molecule is COC(=O)c1cc(=O)c2cc(OC)cc([N+](=O)[O-])c2o1. The Labute approximate surface area is 111 Å². The Morgan fingerprint density at radius 3 is 2.55 bits per heavy atom. The molecule has 0 amide bonds. The van der Waals surface area contributed by atoms with E-state index in [9.17, 15) is 19.7 Å². The summed E-state index contributed by atoms with van der Waals surface area (Å²) in [5, 5.41) is 11.0. The molecule has 0 saturated heterocycles. The average Bonchev–Trinajstić information content (AvgIpc) is 2.45. The Bertz CT molecular complexity index is 762. The van der Waals surface area contributed by atoms with Gasteiger partial charge >= 0.3 is 11.7 Å². The third kappa shape index (κ3) is 2.18. The van der Waals surface area contributed by atoms with E-state index in [-0.39, 0.29) is 16.7 Å². The number of ether oxygens (including phenoxy) is 2. The summed E-state index contributed by atoms with van der Waals surface area (Å²) >= 11 is 0. The number of esters is 1. The minimum atomic E-state index is -0.894. The van der Waals surface area contributed by atoms with Gasteiger partial charge in [0.1, 0.15) is 5.75 Å². The van der Waals surface area contributed by atoms with Crippen LogP contribution >= 0.6 is 0 Å². The Hall–Kier alpha value is -2.90. The fraction of sp³-hybridized carbons (Fsp3) is 0.167. The summed E-state index contributed by atoms with van der Waals surface area (Å²) in [7, 11) is 2.42. The van der Waals surface area contributed by atoms with Gasteiger partial charge in [-0.05, 0) is 6.07 Å². The highest BCUT2D eigenvalue weighted by molar-refractivity contribution is 5.92. The van der Waals surface area contributed by atoms with Gasteiger partial charge < -0.3 is 13.9 Å². The van der Waals surface area contributed by atoms with E-state index in [2.05, 4.69) is 4.74 Å². The Kier molecular flexibility index (Phi) is 3.38. The lowest BCUT2D eigenvalue weighted by atomic mass is 10.2. The number of rotatable bonds is 3. The van der Waals surface area contributed by atoms with Crippen LogP contribution in [0, 0.1) is 10.1 Å². The molecule has 0 aliphatic heterocycles. The van der Waals surface area contributed by atoms with Gasteiger partial charge in [0.05, 0.1) is 30.6 Å².